The lowest BCUT2D eigenvalue weighted by Gasteiger charge is -2.13. The Kier molecular flexibility index (Phi) is 4.19. The van der Waals surface area contributed by atoms with Crippen LogP contribution < -0.4 is 16.4 Å². The highest BCUT2D eigenvalue weighted by Crippen LogP contribution is 2.28. The second-order valence-electron chi connectivity index (χ2n) is 5.03. The largest absolute Gasteiger partial charge is 0.393 e. The number of hydrogen-bond donors (Lipinski definition) is 3. The Morgan fingerprint density at radius 2 is 1.67 bits per heavy atom. The van der Waals surface area contributed by atoms with Crippen molar-refractivity contribution in [1.29, 1.82) is 0 Å². The molecule has 0 radical (unpaired) electrons. The van der Waals surface area contributed by atoms with Gasteiger partial charge in [0, 0.05) is 18.0 Å². The number of nitrogens with zero attached hydrogens (tertiary/aromatic N) is 3. The molecule has 0 fully saturated rings. The van der Waals surface area contributed by atoms with Crippen LogP contribution in [0.1, 0.15) is 5.56 Å². The third kappa shape index (κ3) is 3.22. The van der Waals surface area contributed by atoms with Gasteiger partial charge in [0.05, 0.1) is 0 Å². The highest BCUT2D eigenvalue weighted by atomic mass is 19.2. The van der Waals surface area contributed by atoms with E-state index in [1.54, 1.807) is 6.20 Å². The van der Waals surface area contributed by atoms with Crippen molar-refractivity contribution in [1.82, 2.24) is 15.0 Å². The molecule has 2 heterocycles. The number of aryl methyl sites for hydroxylation is 1. The third-order valence-electron chi connectivity index (χ3n) is 3.31. The van der Waals surface area contributed by atoms with E-state index in [9.17, 15) is 8.78 Å². The lowest BCUT2D eigenvalue weighted by Crippen LogP contribution is -2.06. The van der Waals surface area contributed by atoms with Gasteiger partial charge in [0.15, 0.2) is 23.3 Å². The van der Waals surface area contributed by atoms with Gasteiger partial charge in [0.2, 0.25) is 0 Å². The van der Waals surface area contributed by atoms with Crippen LogP contribution in [0.5, 0.6) is 0 Å². The Balaban J connectivity index is 1.88. The van der Waals surface area contributed by atoms with Crippen molar-refractivity contribution in [3.05, 3.63) is 60.1 Å². The van der Waals surface area contributed by atoms with Crippen molar-refractivity contribution >= 4 is 28.8 Å². The molecule has 0 saturated carbocycles. The topological polar surface area (TPSA) is 88.8 Å². The smallest absolute Gasteiger partial charge is 0.160 e. The molecular formula is C16H14F2N6. The number of halogens is 2. The van der Waals surface area contributed by atoms with Gasteiger partial charge in [-0.2, -0.15) is 0 Å². The molecular weight excluding hydrogens is 314 g/mol. The minimum absolute atomic E-state index is 0.229. The fourth-order valence-electron chi connectivity index (χ4n) is 2.03. The molecule has 6 nitrogen and oxygen atoms in total. The van der Waals surface area contributed by atoms with Crippen molar-refractivity contribution < 1.29 is 8.78 Å². The number of anilines is 5. The van der Waals surface area contributed by atoms with E-state index in [0.29, 0.717) is 17.3 Å². The van der Waals surface area contributed by atoms with Crippen molar-refractivity contribution in [2.75, 3.05) is 16.4 Å². The number of pyridine rings is 1. The molecule has 0 aliphatic heterocycles. The van der Waals surface area contributed by atoms with E-state index in [2.05, 4.69) is 25.6 Å². The summed E-state index contributed by atoms with van der Waals surface area (Å²) >= 11 is 0. The number of aromatic nitrogens is 3. The van der Waals surface area contributed by atoms with Gasteiger partial charge in [-0.3, -0.25) is 0 Å². The van der Waals surface area contributed by atoms with Crippen LogP contribution in [0.2, 0.25) is 0 Å². The molecule has 8 heteroatoms. The fourth-order valence-corrected chi connectivity index (χ4v) is 2.03. The Bertz CT molecular complexity index is 884. The first-order valence-corrected chi connectivity index (χ1v) is 7.06. The Morgan fingerprint density at radius 3 is 2.38 bits per heavy atom. The van der Waals surface area contributed by atoms with Gasteiger partial charge < -0.3 is 16.4 Å². The summed E-state index contributed by atoms with van der Waals surface area (Å²) in [5.41, 5.74) is 7.52. The monoisotopic (exact) mass is 328 g/mol. The molecule has 0 spiro atoms. The zero-order chi connectivity index (χ0) is 17.1. The maximum atomic E-state index is 13.3. The normalized spacial score (nSPS) is 10.5. The van der Waals surface area contributed by atoms with E-state index in [1.165, 1.54) is 12.4 Å². The average molecular weight is 328 g/mol. The number of rotatable bonds is 4. The van der Waals surface area contributed by atoms with Crippen LogP contribution in [-0.4, -0.2) is 15.0 Å². The van der Waals surface area contributed by atoms with Crippen molar-refractivity contribution in [3.8, 4) is 0 Å². The zero-order valence-corrected chi connectivity index (χ0v) is 12.7. The van der Waals surface area contributed by atoms with Crippen LogP contribution in [-0.2, 0) is 0 Å². The summed E-state index contributed by atoms with van der Waals surface area (Å²) in [5, 5.41) is 5.86. The molecule has 0 saturated heterocycles. The molecule has 0 unspecified atom stereocenters. The number of nitrogen functional groups attached to an aromatic ring is 1. The van der Waals surface area contributed by atoms with Gasteiger partial charge in [0.1, 0.15) is 17.8 Å². The van der Waals surface area contributed by atoms with Gasteiger partial charge >= 0.3 is 0 Å². The second-order valence-corrected chi connectivity index (χ2v) is 5.03. The molecule has 2 aromatic heterocycles. The first-order chi connectivity index (χ1) is 11.5. The van der Waals surface area contributed by atoms with Crippen LogP contribution in [0, 0.1) is 18.6 Å². The first kappa shape index (κ1) is 15.6. The first-order valence-electron chi connectivity index (χ1n) is 7.06. The van der Waals surface area contributed by atoms with Gasteiger partial charge in [-0.05, 0) is 30.7 Å². The standard InChI is InChI=1S/C16H14F2N6/c1-9-3-2-6-20-14(9)24-16-13(19)15(21-8-22-16)23-10-4-5-11(17)12(18)7-10/h2-8H,19H2,1H3,(H2,20,21,22,23,24). The summed E-state index contributed by atoms with van der Waals surface area (Å²) in [4.78, 5) is 12.3. The summed E-state index contributed by atoms with van der Waals surface area (Å²) in [7, 11) is 0. The second kappa shape index (κ2) is 6.45. The predicted octanol–water partition coefficient (Wildman–Crippen LogP) is 3.53. The van der Waals surface area contributed by atoms with Crippen LogP contribution in [0.3, 0.4) is 0 Å². The molecule has 0 atom stereocenters. The van der Waals surface area contributed by atoms with Crippen molar-refractivity contribution in [2.24, 2.45) is 0 Å². The van der Waals surface area contributed by atoms with E-state index in [0.717, 1.165) is 17.7 Å². The fraction of sp³-hybridized carbons (Fsp3) is 0.0625. The highest BCUT2D eigenvalue weighted by molar-refractivity contribution is 5.80. The molecule has 4 N–H and O–H groups in total. The van der Waals surface area contributed by atoms with Gasteiger partial charge in [-0.15, -0.1) is 0 Å². The molecule has 0 bridgehead atoms. The molecule has 0 aliphatic rings. The van der Waals surface area contributed by atoms with Crippen LogP contribution in [0.4, 0.5) is 37.6 Å². The third-order valence-corrected chi connectivity index (χ3v) is 3.31. The number of nitrogens with two attached hydrogens (primary N) is 1. The molecule has 24 heavy (non-hydrogen) atoms. The van der Waals surface area contributed by atoms with Crippen LogP contribution in [0.15, 0.2) is 42.9 Å². The van der Waals surface area contributed by atoms with E-state index in [1.807, 2.05) is 19.1 Å². The Morgan fingerprint density at radius 1 is 0.917 bits per heavy atom. The SMILES string of the molecule is Cc1cccnc1Nc1ncnc(Nc2ccc(F)c(F)c2)c1N. The van der Waals surface area contributed by atoms with Crippen LogP contribution in [0.25, 0.3) is 0 Å². The van der Waals surface area contributed by atoms with E-state index in [-0.39, 0.29) is 11.5 Å². The van der Waals surface area contributed by atoms with E-state index >= 15 is 0 Å². The number of benzene rings is 1. The molecule has 3 aromatic rings. The number of hydrogen-bond acceptors (Lipinski definition) is 6. The maximum absolute atomic E-state index is 13.3. The average Bonchev–Trinajstić information content (AvgIpc) is 2.57. The molecule has 122 valence electrons. The van der Waals surface area contributed by atoms with Gasteiger partial charge in [-0.25, -0.2) is 23.7 Å². The molecule has 0 aliphatic carbocycles. The molecule has 0 amide bonds. The lowest BCUT2D eigenvalue weighted by molar-refractivity contribution is 0.509. The van der Waals surface area contributed by atoms with Crippen molar-refractivity contribution in [3.63, 3.8) is 0 Å². The van der Waals surface area contributed by atoms with Gasteiger partial charge in [-0.1, -0.05) is 6.07 Å². The maximum Gasteiger partial charge on any atom is 0.160 e. The summed E-state index contributed by atoms with van der Waals surface area (Å²) in [5.74, 6) is -0.648. The lowest BCUT2D eigenvalue weighted by atomic mass is 10.3. The predicted molar refractivity (Wildman–Crippen MR) is 88.3 cm³/mol. The highest BCUT2D eigenvalue weighted by Gasteiger charge is 2.11. The Hall–Kier alpha value is -3.29. The van der Waals surface area contributed by atoms with Gasteiger partial charge in [0.25, 0.3) is 0 Å². The molecule has 3 rings (SSSR count). The minimum atomic E-state index is -0.963. The zero-order valence-electron chi connectivity index (χ0n) is 12.7. The van der Waals surface area contributed by atoms with Crippen molar-refractivity contribution in [2.45, 2.75) is 6.92 Å². The summed E-state index contributed by atoms with van der Waals surface area (Å²) in [6.07, 6.45) is 2.95. The Labute approximate surface area is 136 Å². The van der Waals surface area contributed by atoms with E-state index < -0.39 is 11.6 Å². The quantitative estimate of drug-likeness (QED) is 0.679. The summed E-state index contributed by atoms with van der Waals surface area (Å²) in [6, 6.07) is 7.14. The number of nitrogens with one attached hydrogen (secondary N) is 2. The van der Waals surface area contributed by atoms with E-state index in [4.69, 9.17) is 5.73 Å². The van der Waals surface area contributed by atoms with Crippen LogP contribution >= 0.6 is 0 Å². The summed E-state index contributed by atoms with van der Waals surface area (Å²) < 4.78 is 26.3. The summed E-state index contributed by atoms with van der Waals surface area (Å²) in [6.45, 7) is 1.90. The minimum Gasteiger partial charge on any atom is -0.393 e. The molecule has 1 aromatic carbocycles.